The van der Waals surface area contributed by atoms with Crippen molar-refractivity contribution >= 4 is 10.0 Å². The van der Waals surface area contributed by atoms with Gasteiger partial charge in [0.2, 0.25) is 15.8 Å². The van der Waals surface area contributed by atoms with Crippen molar-refractivity contribution in [2.24, 2.45) is 0 Å². The molecule has 1 aliphatic rings. The van der Waals surface area contributed by atoms with Crippen molar-refractivity contribution in [1.29, 1.82) is 0 Å². The molecule has 8 nitrogen and oxygen atoms in total. The number of alkyl halides is 3. The molecule has 33 heavy (non-hydrogen) atoms. The molecule has 0 aromatic heterocycles. The van der Waals surface area contributed by atoms with E-state index in [2.05, 4.69) is 4.72 Å². The van der Waals surface area contributed by atoms with E-state index in [-0.39, 0.29) is 18.7 Å². The highest BCUT2D eigenvalue weighted by Crippen LogP contribution is 2.43. The van der Waals surface area contributed by atoms with Gasteiger partial charge in [0.15, 0.2) is 11.5 Å². The maximum Gasteiger partial charge on any atom is 0.416 e. The van der Waals surface area contributed by atoms with Crippen LogP contribution in [0.5, 0.6) is 17.2 Å². The highest BCUT2D eigenvalue weighted by molar-refractivity contribution is 7.90. The first-order valence-corrected chi connectivity index (χ1v) is 11.4. The summed E-state index contributed by atoms with van der Waals surface area (Å²) in [6, 6.07) is 7.02. The number of rotatable bonds is 8. The molecule has 182 valence electrons. The molecule has 0 bridgehead atoms. The van der Waals surface area contributed by atoms with Crippen LogP contribution in [0.1, 0.15) is 22.7 Å². The van der Waals surface area contributed by atoms with E-state index in [1.807, 2.05) is 0 Å². The Bertz CT molecular complexity index is 1070. The fourth-order valence-electron chi connectivity index (χ4n) is 3.70. The van der Waals surface area contributed by atoms with Crippen molar-refractivity contribution < 1.29 is 40.6 Å². The van der Waals surface area contributed by atoms with Crippen LogP contribution in [0, 0.1) is 0 Å². The van der Waals surface area contributed by atoms with Gasteiger partial charge in [-0.1, -0.05) is 18.2 Å². The van der Waals surface area contributed by atoms with Crippen LogP contribution in [0.15, 0.2) is 36.4 Å². The van der Waals surface area contributed by atoms with Gasteiger partial charge in [-0.25, -0.2) is 13.1 Å². The van der Waals surface area contributed by atoms with Crippen LogP contribution in [0.3, 0.4) is 0 Å². The van der Waals surface area contributed by atoms with Crippen LogP contribution in [0.25, 0.3) is 0 Å². The summed E-state index contributed by atoms with van der Waals surface area (Å²) < 4.78 is 83.6. The van der Waals surface area contributed by atoms with Crippen molar-refractivity contribution in [3.63, 3.8) is 0 Å². The number of hydrogen-bond donors (Lipinski definition) is 1. The quantitative estimate of drug-likeness (QED) is 0.609. The molecule has 1 N–H and O–H groups in total. The number of methoxy groups -OCH3 is 3. The SMILES string of the molecule is COc1cc([C@H]2[C@H](S(=O)(=O)NCc3cccc(C(F)(F)F)c3)CON2C)cc(OC)c1OC. The second-order valence-electron chi connectivity index (χ2n) is 7.35. The maximum absolute atomic E-state index is 13.1. The first-order chi connectivity index (χ1) is 15.5. The van der Waals surface area contributed by atoms with Gasteiger partial charge in [0.05, 0.1) is 39.5 Å². The number of hydroxylamine groups is 2. The van der Waals surface area contributed by atoms with Gasteiger partial charge in [0, 0.05) is 13.6 Å². The minimum absolute atomic E-state index is 0.143. The second-order valence-corrected chi connectivity index (χ2v) is 9.33. The zero-order valence-corrected chi connectivity index (χ0v) is 19.3. The van der Waals surface area contributed by atoms with Crippen molar-refractivity contribution in [2.75, 3.05) is 35.0 Å². The van der Waals surface area contributed by atoms with E-state index < -0.39 is 33.1 Å². The Kier molecular flexibility index (Phi) is 7.42. The van der Waals surface area contributed by atoms with E-state index in [0.717, 1.165) is 12.1 Å². The van der Waals surface area contributed by atoms with E-state index >= 15 is 0 Å². The molecular formula is C21H25F3N2O6S. The van der Waals surface area contributed by atoms with Gasteiger partial charge in [0.1, 0.15) is 5.25 Å². The average Bonchev–Trinajstić information content (AvgIpc) is 3.18. The summed E-state index contributed by atoms with van der Waals surface area (Å²) >= 11 is 0. The van der Waals surface area contributed by atoms with Gasteiger partial charge in [-0.2, -0.15) is 18.2 Å². The molecule has 1 heterocycles. The summed E-state index contributed by atoms with van der Waals surface area (Å²) in [5.41, 5.74) is -0.123. The molecule has 3 rings (SSSR count). The lowest BCUT2D eigenvalue weighted by Gasteiger charge is -2.25. The Morgan fingerprint density at radius 1 is 1.09 bits per heavy atom. The van der Waals surface area contributed by atoms with Crippen molar-refractivity contribution in [2.45, 2.75) is 24.0 Å². The summed E-state index contributed by atoms with van der Waals surface area (Å²) in [5, 5.41) is 0.366. The van der Waals surface area contributed by atoms with E-state index in [4.69, 9.17) is 19.0 Å². The first kappa shape index (κ1) is 25.1. The zero-order chi connectivity index (χ0) is 24.4. The monoisotopic (exact) mass is 490 g/mol. The highest BCUT2D eigenvalue weighted by atomic mass is 32.2. The topological polar surface area (TPSA) is 86.3 Å². The summed E-state index contributed by atoms with van der Waals surface area (Å²) in [5.74, 6) is 1.05. The van der Waals surface area contributed by atoms with Crippen molar-refractivity contribution in [3.8, 4) is 17.2 Å². The van der Waals surface area contributed by atoms with E-state index in [9.17, 15) is 21.6 Å². The Morgan fingerprint density at radius 3 is 2.27 bits per heavy atom. The maximum atomic E-state index is 13.1. The summed E-state index contributed by atoms with van der Waals surface area (Å²) in [4.78, 5) is 5.49. The van der Waals surface area contributed by atoms with Crippen molar-refractivity contribution in [3.05, 3.63) is 53.1 Å². The number of benzene rings is 2. The highest BCUT2D eigenvalue weighted by Gasteiger charge is 2.44. The molecule has 0 amide bonds. The van der Waals surface area contributed by atoms with Gasteiger partial charge in [-0.05, 0) is 29.3 Å². The Hall–Kier alpha value is -2.54. The van der Waals surface area contributed by atoms with Gasteiger partial charge in [-0.15, -0.1) is 0 Å². The van der Waals surface area contributed by atoms with Crippen LogP contribution in [0.2, 0.25) is 0 Å². The van der Waals surface area contributed by atoms with Gasteiger partial charge < -0.3 is 14.2 Å². The number of nitrogens with zero attached hydrogens (tertiary/aromatic N) is 1. The zero-order valence-electron chi connectivity index (χ0n) is 18.5. The number of nitrogens with one attached hydrogen (secondary N) is 1. The lowest BCUT2D eigenvalue weighted by molar-refractivity contribution is -0.137. The summed E-state index contributed by atoms with van der Waals surface area (Å²) in [6.45, 7) is -0.440. The fourth-order valence-corrected chi connectivity index (χ4v) is 5.19. The molecule has 0 saturated carbocycles. The predicted octanol–water partition coefficient (Wildman–Crippen LogP) is 3.14. The van der Waals surface area contributed by atoms with Gasteiger partial charge >= 0.3 is 6.18 Å². The molecule has 2 aromatic rings. The number of hydrogen-bond acceptors (Lipinski definition) is 7. The molecule has 1 fully saturated rings. The number of halogens is 3. The van der Waals surface area contributed by atoms with Crippen LogP contribution >= 0.6 is 0 Å². The third kappa shape index (κ3) is 5.35. The summed E-state index contributed by atoms with van der Waals surface area (Å²) in [7, 11) is 1.94. The second kappa shape index (κ2) is 9.75. The molecule has 0 unspecified atom stereocenters. The molecule has 0 radical (unpaired) electrons. The van der Waals surface area contributed by atoms with Crippen LogP contribution in [-0.2, 0) is 27.6 Å². The Labute approximate surface area is 190 Å². The third-order valence-electron chi connectivity index (χ3n) is 5.35. The van der Waals surface area contributed by atoms with E-state index in [1.165, 1.54) is 38.5 Å². The molecule has 0 aliphatic carbocycles. The lowest BCUT2D eigenvalue weighted by atomic mass is 10.0. The fraction of sp³-hybridized carbons (Fsp3) is 0.429. The minimum atomic E-state index is -4.52. The predicted molar refractivity (Wildman–Crippen MR) is 114 cm³/mol. The number of ether oxygens (including phenoxy) is 3. The Morgan fingerprint density at radius 2 is 1.73 bits per heavy atom. The van der Waals surface area contributed by atoms with Gasteiger partial charge in [0.25, 0.3) is 0 Å². The van der Waals surface area contributed by atoms with Crippen molar-refractivity contribution in [1.82, 2.24) is 9.79 Å². The van der Waals surface area contributed by atoms with Crippen LogP contribution in [0.4, 0.5) is 13.2 Å². The smallest absolute Gasteiger partial charge is 0.416 e. The van der Waals surface area contributed by atoms with E-state index in [1.54, 1.807) is 19.2 Å². The normalized spacial score (nSPS) is 19.5. The largest absolute Gasteiger partial charge is 0.493 e. The van der Waals surface area contributed by atoms with Crippen LogP contribution < -0.4 is 18.9 Å². The summed E-state index contributed by atoms with van der Waals surface area (Å²) in [6.07, 6.45) is -4.52. The van der Waals surface area contributed by atoms with Gasteiger partial charge in [-0.3, -0.25) is 4.84 Å². The van der Waals surface area contributed by atoms with Crippen LogP contribution in [-0.4, -0.2) is 53.7 Å². The van der Waals surface area contributed by atoms with E-state index in [0.29, 0.717) is 22.8 Å². The molecule has 0 spiro atoms. The average molecular weight is 491 g/mol. The molecular weight excluding hydrogens is 465 g/mol. The standard InChI is InChI=1S/C21H25F3N2O6S/c1-26-19(14-9-16(29-2)20(31-4)17(10-14)30-3)18(12-32-26)33(27,28)25-11-13-6-5-7-15(8-13)21(22,23)24/h5-10,18-19,25H,11-12H2,1-4H3/t18-,19+/m1/s1. The molecule has 1 aliphatic heterocycles. The molecule has 1 saturated heterocycles. The minimum Gasteiger partial charge on any atom is -0.493 e. The molecule has 2 atom stereocenters. The Balaban J connectivity index is 1.88. The lowest BCUT2D eigenvalue weighted by Crippen LogP contribution is -2.39. The molecule has 12 heteroatoms. The number of sulfonamides is 1. The molecule has 2 aromatic carbocycles. The third-order valence-corrected chi connectivity index (χ3v) is 7.08. The first-order valence-electron chi connectivity index (χ1n) is 9.82.